The number of ether oxygens (including phenoxy) is 1. The average molecular weight is 415 g/mol. The minimum absolute atomic E-state index is 0.114. The molecule has 0 unspecified atom stereocenters. The van der Waals surface area contributed by atoms with Gasteiger partial charge in [0, 0.05) is 30.2 Å². The number of hydrogen-bond donors (Lipinski definition) is 0. The molecule has 0 saturated heterocycles. The van der Waals surface area contributed by atoms with Gasteiger partial charge in [-0.1, -0.05) is 30.7 Å². The van der Waals surface area contributed by atoms with Gasteiger partial charge in [-0.15, -0.1) is 0 Å². The van der Waals surface area contributed by atoms with Gasteiger partial charge in [-0.05, 0) is 60.0 Å². The number of hydrogen-bond acceptors (Lipinski definition) is 2. The quantitative estimate of drug-likeness (QED) is 0.468. The lowest BCUT2D eigenvalue weighted by atomic mass is 9.98. The molecule has 0 aliphatic rings. The first kappa shape index (κ1) is 20.8. The lowest BCUT2D eigenvalue weighted by molar-refractivity contribution is 0.0798. The van der Waals surface area contributed by atoms with Crippen LogP contribution in [0.15, 0.2) is 60.7 Å². The average Bonchev–Trinajstić information content (AvgIpc) is 2.69. The van der Waals surface area contributed by atoms with Gasteiger partial charge in [-0.2, -0.15) is 0 Å². The summed E-state index contributed by atoms with van der Waals surface area (Å²) < 4.78 is 32.7. The Balaban J connectivity index is 2.05. The molecule has 0 spiro atoms. The highest BCUT2D eigenvalue weighted by atomic mass is 35.5. The number of rotatable bonds is 6. The molecule has 0 fully saturated rings. The van der Waals surface area contributed by atoms with Gasteiger partial charge >= 0.3 is 0 Å². The van der Waals surface area contributed by atoms with Crippen molar-refractivity contribution in [1.29, 1.82) is 0 Å². The molecule has 0 N–H and O–H groups in total. The second kappa shape index (κ2) is 9.05. The Hall–Kier alpha value is -2.92. The van der Waals surface area contributed by atoms with Crippen molar-refractivity contribution in [3.05, 3.63) is 89.8 Å². The van der Waals surface area contributed by atoms with Crippen molar-refractivity contribution in [1.82, 2.24) is 4.90 Å². The molecule has 3 rings (SSSR count). The van der Waals surface area contributed by atoms with E-state index in [1.54, 1.807) is 48.3 Å². The first-order valence-electron chi connectivity index (χ1n) is 8.96. The first-order chi connectivity index (χ1) is 13.9. The van der Waals surface area contributed by atoms with Crippen LogP contribution in [0, 0.1) is 18.6 Å². The van der Waals surface area contributed by atoms with Crippen LogP contribution in [0.1, 0.15) is 16.8 Å². The van der Waals surface area contributed by atoms with Crippen LogP contribution < -0.4 is 4.74 Å². The fourth-order valence-electron chi connectivity index (χ4n) is 2.90. The molecule has 1 amide bonds. The van der Waals surface area contributed by atoms with Crippen LogP contribution in [0.2, 0.25) is 5.02 Å². The third-order valence-electron chi connectivity index (χ3n) is 4.32. The summed E-state index contributed by atoms with van der Waals surface area (Å²) in [4.78, 5) is 14.5. The van der Waals surface area contributed by atoms with E-state index in [1.807, 2.05) is 6.07 Å². The van der Waals surface area contributed by atoms with Crippen molar-refractivity contribution in [2.75, 3.05) is 13.6 Å². The Labute approximate surface area is 173 Å². The number of halogens is 3. The van der Waals surface area contributed by atoms with Crippen molar-refractivity contribution < 1.29 is 18.3 Å². The summed E-state index contributed by atoms with van der Waals surface area (Å²) >= 11 is 6.12. The van der Waals surface area contributed by atoms with Gasteiger partial charge in [-0.3, -0.25) is 4.79 Å². The van der Waals surface area contributed by atoms with Gasteiger partial charge in [0.15, 0.2) is 11.6 Å². The second-order valence-corrected chi connectivity index (χ2v) is 6.91. The van der Waals surface area contributed by atoms with E-state index in [9.17, 15) is 13.6 Å². The summed E-state index contributed by atoms with van der Waals surface area (Å²) in [6.45, 7) is 4.28. The normalized spacial score (nSPS) is 10.7. The number of benzene rings is 3. The molecule has 1 radical (unpaired) electrons. The van der Waals surface area contributed by atoms with Gasteiger partial charge in [0.1, 0.15) is 11.6 Å². The zero-order valence-electron chi connectivity index (χ0n) is 15.8. The van der Waals surface area contributed by atoms with E-state index in [4.69, 9.17) is 16.3 Å². The third-order valence-corrected chi connectivity index (χ3v) is 4.55. The topological polar surface area (TPSA) is 29.5 Å². The minimum atomic E-state index is -0.815. The van der Waals surface area contributed by atoms with Crippen molar-refractivity contribution in [3.63, 3.8) is 0 Å². The SMILES string of the molecule is [CH2]CCN(C)C(=O)c1ccc(Oc2ccc(F)cc2F)cc1-c1cccc(Cl)c1. The fraction of sp³-hybridized carbons (Fsp3) is 0.130. The second-order valence-electron chi connectivity index (χ2n) is 6.47. The Kier molecular flexibility index (Phi) is 6.49. The van der Waals surface area contributed by atoms with E-state index in [1.165, 1.54) is 6.07 Å². The lowest BCUT2D eigenvalue weighted by Crippen LogP contribution is -2.27. The summed E-state index contributed by atoms with van der Waals surface area (Å²) in [5, 5.41) is 0.517. The predicted octanol–water partition coefficient (Wildman–Crippen LogP) is 6.37. The van der Waals surface area contributed by atoms with E-state index in [-0.39, 0.29) is 11.7 Å². The summed E-state index contributed by atoms with van der Waals surface area (Å²) in [6.07, 6.45) is 0.583. The highest BCUT2D eigenvalue weighted by molar-refractivity contribution is 6.30. The van der Waals surface area contributed by atoms with Crippen molar-refractivity contribution >= 4 is 17.5 Å². The monoisotopic (exact) mass is 414 g/mol. The molecule has 0 atom stereocenters. The smallest absolute Gasteiger partial charge is 0.254 e. The maximum atomic E-state index is 14.0. The molecular formula is C23H19ClF2NO2. The standard InChI is InChI=1S/C23H19ClF2NO2/c1-3-11-27(2)23(28)19-9-8-18(29-22-10-7-17(25)13-21(22)26)14-20(19)15-5-4-6-16(24)12-15/h4-10,12-14H,1,3,11H2,2H3. The van der Waals surface area contributed by atoms with E-state index in [0.29, 0.717) is 40.4 Å². The summed E-state index contributed by atoms with van der Waals surface area (Å²) in [5.41, 5.74) is 1.76. The van der Waals surface area contributed by atoms with Crippen LogP contribution >= 0.6 is 11.6 Å². The molecule has 0 bridgehead atoms. The minimum Gasteiger partial charge on any atom is -0.454 e. The molecule has 0 saturated carbocycles. The van der Waals surface area contributed by atoms with E-state index in [2.05, 4.69) is 6.92 Å². The summed E-state index contributed by atoms with van der Waals surface area (Å²) in [7, 11) is 1.70. The number of carbonyl (C=O) groups excluding carboxylic acids is 1. The molecule has 0 aliphatic carbocycles. The maximum absolute atomic E-state index is 14.0. The van der Waals surface area contributed by atoms with Crippen LogP contribution in [0.25, 0.3) is 11.1 Å². The molecule has 29 heavy (non-hydrogen) atoms. The van der Waals surface area contributed by atoms with Crippen molar-refractivity contribution in [2.45, 2.75) is 6.42 Å². The first-order valence-corrected chi connectivity index (χ1v) is 9.34. The van der Waals surface area contributed by atoms with Crippen molar-refractivity contribution in [2.24, 2.45) is 0 Å². The predicted molar refractivity (Wildman–Crippen MR) is 110 cm³/mol. The van der Waals surface area contributed by atoms with Crippen LogP contribution in [-0.4, -0.2) is 24.4 Å². The molecule has 3 aromatic rings. The molecule has 0 heterocycles. The highest BCUT2D eigenvalue weighted by Gasteiger charge is 2.18. The van der Waals surface area contributed by atoms with E-state index in [0.717, 1.165) is 12.1 Å². The number of amides is 1. The molecule has 149 valence electrons. The Morgan fingerprint density at radius 3 is 2.59 bits per heavy atom. The molecule has 3 aromatic carbocycles. The van der Waals surface area contributed by atoms with Crippen LogP contribution in [0.5, 0.6) is 11.5 Å². The zero-order chi connectivity index (χ0) is 21.0. The Bertz CT molecular complexity index is 1040. The number of carbonyl (C=O) groups is 1. The van der Waals surface area contributed by atoms with E-state index >= 15 is 0 Å². The Morgan fingerprint density at radius 1 is 1.10 bits per heavy atom. The molecule has 0 aliphatic heterocycles. The fourth-order valence-corrected chi connectivity index (χ4v) is 3.09. The van der Waals surface area contributed by atoms with Crippen LogP contribution in [-0.2, 0) is 0 Å². The van der Waals surface area contributed by atoms with Crippen LogP contribution in [0.4, 0.5) is 8.78 Å². The lowest BCUT2D eigenvalue weighted by Gasteiger charge is -2.19. The largest absolute Gasteiger partial charge is 0.454 e. The summed E-state index contributed by atoms with van der Waals surface area (Å²) in [6, 6.07) is 15.0. The van der Waals surface area contributed by atoms with Gasteiger partial charge in [0.2, 0.25) is 0 Å². The highest BCUT2D eigenvalue weighted by Crippen LogP contribution is 2.33. The zero-order valence-corrected chi connectivity index (χ0v) is 16.5. The van der Waals surface area contributed by atoms with Gasteiger partial charge in [0.25, 0.3) is 5.91 Å². The van der Waals surface area contributed by atoms with Crippen molar-refractivity contribution in [3.8, 4) is 22.6 Å². The van der Waals surface area contributed by atoms with Gasteiger partial charge in [-0.25, -0.2) is 8.78 Å². The molecular weight excluding hydrogens is 396 g/mol. The van der Waals surface area contributed by atoms with Gasteiger partial charge in [0.05, 0.1) is 0 Å². The summed E-state index contributed by atoms with van der Waals surface area (Å²) in [5.74, 6) is -1.49. The van der Waals surface area contributed by atoms with Crippen LogP contribution in [0.3, 0.4) is 0 Å². The maximum Gasteiger partial charge on any atom is 0.254 e. The molecule has 3 nitrogen and oxygen atoms in total. The number of nitrogens with zero attached hydrogens (tertiary/aromatic N) is 1. The molecule has 0 aromatic heterocycles. The third kappa shape index (κ3) is 4.93. The van der Waals surface area contributed by atoms with Gasteiger partial charge < -0.3 is 9.64 Å². The molecule has 6 heteroatoms. The Morgan fingerprint density at radius 2 is 1.90 bits per heavy atom. The van der Waals surface area contributed by atoms with E-state index < -0.39 is 11.6 Å².